The third-order valence-electron chi connectivity index (χ3n) is 3.86. The van der Waals surface area contributed by atoms with Crippen LogP contribution in [-0.2, 0) is 0 Å². The van der Waals surface area contributed by atoms with Gasteiger partial charge in [-0.15, -0.1) is 0 Å². The minimum absolute atomic E-state index is 0.00387. The van der Waals surface area contributed by atoms with Crippen LogP contribution in [0.15, 0.2) is 66.9 Å². The van der Waals surface area contributed by atoms with E-state index in [1.807, 2.05) is 48.0 Å². The van der Waals surface area contributed by atoms with Gasteiger partial charge < -0.3 is 4.57 Å². The summed E-state index contributed by atoms with van der Waals surface area (Å²) < 4.78 is 2.00. The van der Waals surface area contributed by atoms with Gasteiger partial charge in [-0.3, -0.25) is 10.1 Å². The van der Waals surface area contributed by atoms with Crippen LogP contribution < -0.4 is 0 Å². The van der Waals surface area contributed by atoms with Crippen LogP contribution in [0.3, 0.4) is 0 Å². The highest BCUT2D eigenvalue weighted by Crippen LogP contribution is 2.23. The van der Waals surface area contributed by atoms with Crippen molar-refractivity contribution in [3.63, 3.8) is 0 Å². The topological polar surface area (TPSA) is 71.9 Å². The van der Waals surface area contributed by atoms with Crippen LogP contribution in [0.25, 0.3) is 17.3 Å². The Labute approximate surface area is 145 Å². The van der Waals surface area contributed by atoms with E-state index in [1.54, 1.807) is 18.2 Å². The van der Waals surface area contributed by atoms with Crippen LogP contribution in [0.4, 0.5) is 5.69 Å². The van der Waals surface area contributed by atoms with Crippen molar-refractivity contribution in [2.24, 2.45) is 0 Å². The van der Waals surface area contributed by atoms with Gasteiger partial charge in [0.1, 0.15) is 0 Å². The number of non-ortho nitro benzene ring substituents is 1. The van der Waals surface area contributed by atoms with E-state index in [2.05, 4.69) is 12.1 Å². The molecule has 0 fully saturated rings. The highest BCUT2D eigenvalue weighted by Gasteiger charge is 2.08. The number of benzene rings is 2. The predicted molar refractivity (Wildman–Crippen MR) is 97.1 cm³/mol. The summed E-state index contributed by atoms with van der Waals surface area (Å²) in [5.41, 5.74) is 4.12. The summed E-state index contributed by atoms with van der Waals surface area (Å²) >= 11 is 0. The first-order chi connectivity index (χ1) is 12.1. The van der Waals surface area contributed by atoms with E-state index >= 15 is 0 Å². The second-order valence-electron chi connectivity index (χ2n) is 5.62. The predicted octanol–water partition coefficient (Wildman–Crippen LogP) is 4.76. The van der Waals surface area contributed by atoms with E-state index < -0.39 is 4.92 Å². The first kappa shape index (κ1) is 16.2. The molecule has 0 N–H and O–H groups in total. The fraction of sp³-hybridized carbons (Fsp3) is 0.0500. The summed E-state index contributed by atoms with van der Waals surface area (Å²) in [6.07, 6.45) is 3.72. The molecule has 0 radical (unpaired) electrons. The average molecular weight is 329 g/mol. The first-order valence-electron chi connectivity index (χ1n) is 7.69. The average Bonchev–Trinajstić information content (AvgIpc) is 3.08. The highest BCUT2D eigenvalue weighted by molar-refractivity contribution is 5.89. The number of aromatic nitrogens is 1. The maximum Gasteiger partial charge on any atom is 0.269 e. The van der Waals surface area contributed by atoms with Crippen LogP contribution in [0.5, 0.6) is 0 Å². The van der Waals surface area contributed by atoms with Gasteiger partial charge in [-0.25, -0.2) is 0 Å². The zero-order chi connectivity index (χ0) is 17.8. The fourth-order valence-electron chi connectivity index (χ4n) is 2.62. The van der Waals surface area contributed by atoms with Crippen molar-refractivity contribution in [1.29, 1.82) is 5.26 Å². The van der Waals surface area contributed by atoms with E-state index in [0.717, 1.165) is 16.9 Å². The highest BCUT2D eigenvalue weighted by atomic mass is 16.6. The van der Waals surface area contributed by atoms with E-state index in [1.165, 1.54) is 12.1 Å². The van der Waals surface area contributed by atoms with Crippen LogP contribution in [0.1, 0.15) is 16.8 Å². The van der Waals surface area contributed by atoms with Crippen LogP contribution in [-0.4, -0.2) is 9.49 Å². The van der Waals surface area contributed by atoms with E-state index in [0.29, 0.717) is 11.1 Å². The molecule has 5 heteroatoms. The summed E-state index contributed by atoms with van der Waals surface area (Å²) in [6.45, 7) is 2.03. The number of nitriles is 1. The molecule has 2 aromatic carbocycles. The number of hydrogen-bond donors (Lipinski definition) is 0. The van der Waals surface area contributed by atoms with Gasteiger partial charge in [0.15, 0.2) is 0 Å². The molecule has 0 amide bonds. The second kappa shape index (κ2) is 6.85. The van der Waals surface area contributed by atoms with Gasteiger partial charge in [-0.1, -0.05) is 12.1 Å². The quantitative estimate of drug-likeness (QED) is 0.393. The largest absolute Gasteiger partial charge is 0.317 e. The van der Waals surface area contributed by atoms with Crippen molar-refractivity contribution in [2.45, 2.75) is 6.92 Å². The van der Waals surface area contributed by atoms with Gasteiger partial charge in [0, 0.05) is 29.7 Å². The lowest BCUT2D eigenvalue weighted by Crippen LogP contribution is -1.95. The van der Waals surface area contributed by atoms with E-state index in [4.69, 9.17) is 0 Å². The monoisotopic (exact) mass is 329 g/mol. The van der Waals surface area contributed by atoms with Gasteiger partial charge in [-0.05, 0) is 60.5 Å². The SMILES string of the molecule is Cc1cccc(-n2cccc2/C=C(/C#N)c2ccc([N+](=O)[O-])cc2)c1. The number of aryl methyl sites for hydroxylation is 1. The smallest absolute Gasteiger partial charge is 0.269 e. The Hall–Kier alpha value is -3.65. The van der Waals surface area contributed by atoms with Gasteiger partial charge in [0.05, 0.1) is 16.6 Å². The van der Waals surface area contributed by atoms with Crippen molar-refractivity contribution in [3.8, 4) is 11.8 Å². The number of hydrogen-bond acceptors (Lipinski definition) is 3. The molecule has 3 aromatic rings. The van der Waals surface area contributed by atoms with Crippen LogP contribution in [0.2, 0.25) is 0 Å². The van der Waals surface area contributed by atoms with Gasteiger partial charge in [0.2, 0.25) is 0 Å². The molecule has 0 bridgehead atoms. The lowest BCUT2D eigenvalue weighted by atomic mass is 10.1. The molecule has 25 heavy (non-hydrogen) atoms. The zero-order valence-corrected chi connectivity index (χ0v) is 13.6. The number of nitro groups is 1. The summed E-state index contributed by atoms with van der Waals surface area (Å²) in [5, 5.41) is 20.3. The third kappa shape index (κ3) is 3.48. The number of nitro benzene ring substituents is 1. The van der Waals surface area contributed by atoms with Crippen molar-refractivity contribution in [3.05, 3.63) is 93.8 Å². The maximum atomic E-state index is 10.8. The van der Waals surface area contributed by atoms with E-state index in [-0.39, 0.29) is 5.69 Å². The molecule has 0 aliphatic heterocycles. The second-order valence-corrected chi connectivity index (χ2v) is 5.62. The molecule has 1 aromatic heterocycles. The van der Waals surface area contributed by atoms with Crippen molar-refractivity contribution < 1.29 is 4.92 Å². The Balaban J connectivity index is 2.00. The molecule has 0 saturated carbocycles. The normalized spacial score (nSPS) is 11.1. The van der Waals surface area contributed by atoms with E-state index in [9.17, 15) is 15.4 Å². The number of allylic oxidation sites excluding steroid dienone is 1. The molecular formula is C20H15N3O2. The molecule has 0 unspecified atom stereocenters. The number of nitrogens with zero attached hydrogens (tertiary/aromatic N) is 3. The van der Waals surface area contributed by atoms with Crippen molar-refractivity contribution in [1.82, 2.24) is 4.57 Å². The Morgan fingerprint density at radius 1 is 1.16 bits per heavy atom. The molecule has 0 saturated heterocycles. The molecule has 3 rings (SSSR count). The fourth-order valence-corrected chi connectivity index (χ4v) is 2.62. The van der Waals surface area contributed by atoms with Crippen molar-refractivity contribution >= 4 is 17.3 Å². The maximum absolute atomic E-state index is 10.8. The lowest BCUT2D eigenvalue weighted by molar-refractivity contribution is -0.384. The minimum atomic E-state index is -0.456. The standard InChI is InChI=1S/C20H15N3O2/c1-15-4-2-5-19(12-15)22-11-3-6-20(22)13-17(14-21)16-7-9-18(10-8-16)23(24)25/h2-13H,1H3/b17-13-. The minimum Gasteiger partial charge on any atom is -0.317 e. The summed E-state index contributed by atoms with van der Waals surface area (Å²) in [6, 6.07) is 20.1. The zero-order valence-electron chi connectivity index (χ0n) is 13.6. The molecule has 5 nitrogen and oxygen atoms in total. The Morgan fingerprint density at radius 3 is 2.56 bits per heavy atom. The van der Waals surface area contributed by atoms with Crippen molar-refractivity contribution in [2.75, 3.05) is 0 Å². The lowest BCUT2D eigenvalue weighted by Gasteiger charge is -2.08. The third-order valence-corrected chi connectivity index (χ3v) is 3.86. The molecular weight excluding hydrogens is 314 g/mol. The first-order valence-corrected chi connectivity index (χ1v) is 7.69. The summed E-state index contributed by atoms with van der Waals surface area (Å²) in [7, 11) is 0. The number of rotatable bonds is 4. The molecule has 0 spiro atoms. The van der Waals surface area contributed by atoms with Gasteiger partial charge in [0.25, 0.3) is 5.69 Å². The van der Waals surface area contributed by atoms with Gasteiger partial charge >= 0.3 is 0 Å². The molecule has 0 aliphatic rings. The summed E-state index contributed by atoms with van der Waals surface area (Å²) in [4.78, 5) is 10.3. The van der Waals surface area contributed by atoms with Gasteiger partial charge in [-0.2, -0.15) is 5.26 Å². The molecule has 122 valence electrons. The summed E-state index contributed by atoms with van der Waals surface area (Å²) in [5.74, 6) is 0. The Kier molecular flexibility index (Phi) is 4.44. The van der Waals surface area contributed by atoms with Crippen LogP contribution in [0, 0.1) is 28.4 Å². The molecule has 1 heterocycles. The molecule has 0 atom stereocenters. The van der Waals surface area contributed by atoms with Crippen LogP contribution >= 0.6 is 0 Å². The Bertz CT molecular complexity index is 992. The molecule has 0 aliphatic carbocycles. The Morgan fingerprint density at radius 2 is 1.92 bits per heavy atom.